The lowest BCUT2D eigenvalue weighted by atomic mass is 10.1. The first-order chi connectivity index (χ1) is 14.1. The van der Waals surface area contributed by atoms with Crippen LogP contribution in [-0.2, 0) is 6.54 Å². The number of benzene rings is 3. The predicted molar refractivity (Wildman–Crippen MR) is 118 cm³/mol. The molecule has 4 aromatic rings. The number of rotatable bonds is 5. The molecule has 3 aromatic carbocycles. The van der Waals surface area contributed by atoms with Crippen molar-refractivity contribution >= 4 is 23.0 Å². The van der Waals surface area contributed by atoms with Crippen molar-refractivity contribution in [3.05, 3.63) is 107 Å². The lowest BCUT2D eigenvalue weighted by Gasteiger charge is -2.06. The SMILES string of the molecule is Cc1ccc(Cn2cc(/C=N\NC(=O)c3cccc(C)c3)c3ccccc32)cc1. The Morgan fingerprint density at radius 2 is 1.76 bits per heavy atom. The maximum atomic E-state index is 12.3. The van der Waals surface area contributed by atoms with E-state index in [0.717, 1.165) is 28.6 Å². The van der Waals surface area contributed by atoms with Gasteiger partial charge in [-0.3, -0.25) is 4.79 Å². The summed E-state index contributed by atoms with van der Waals surface area (Å²) in [4.78, 5) is 12.3. The van der Waals surface area contributed by atoms with E-state index < -0.39 is 0 Å². The highest BCUT2D eigenvalue weighted by molar-refractivity contribution is 6.00. The number of aryl methyl sites for hydroxylation is 2. The molecule has 0 aliphatic rings. The second kappa shape index (κ2) is 8.15. The Morgan fingerprint density at radius 1 is 0.966 bits per heavy atom. The summed E-state index contributed by atoms with van der Waals surface area (Å²) >= 11 is 0. The molecule has 0 bridgehead atoms. The number of hydrogen-bond donors (Lipinski definition) is 1. The van der Waals surface area contributed by atoms with Crippen LogP contribution < -0.4 is 5.43 Å². The van der Waals surface area contributed by atoms with Crippen LogP contribution in [0.5, 0.6) is 0 Å². The number of carbonyl (C=O) groups excluding carboxylic acids is 1. The maximum Gasteiger partial charge on any atom is 0.271 e. The van der Waals surface area contributed by atoms with Gasteiger partial charge in [0.15, 0.2) is 0 Å². The molecule has 0 radical (unpaired) electrons. The molecule has 1 N–H and O–H groups in total. The molecule has 0 saturated carbocycles. The fourth-order valence-electron chi connectivity index (χ4n) is 3.41. The maximum absolute atomic E-state index is 12.3. The fraction of sp³-hybridized carbons (Fsp3) is 0.120. The van der Waals surface area contributed by atoms with E-state index in [1.54, 1.807) is 12.3 Å². The number of hydrazone groups is 1. The molecule has 4 heteroatoms. The van der Waals surface area contributed by atoms with E-state index in [4.69, 9.17) is 0 Å². The molecule has 0 unspecified atom stereocenters. The summed E-state index contributed by atoms with van der Waals surface area (Å²) in [6, 6.07) is 24.3. The standard InChI is InChI=1S/C25H23N3O/c1-18-10-12-20(13-11-18)16-28-17-22(23-8-3-4-9-24(23)28)15-26-27-25(29)21-7-5-6-19(2)14-21/h3-15,17H,16H2,1-2H3,(H,27,29)/b26-15-. The molecule has 0 spiro atoms. The molecule has 4 rings (SSSR count). The topological polar surface area (TPSA) is 46.4 Å². The Balaban J connectivity index is 1.56. The highest BCUT2D eigenvalue weighted by atomic mass is 16.2. The minimum absolute atomic E-state index is 0.214. The van der Waals surface area contributed by atoms with E-state index >= 15 is 0 Å². The molecular formula is C25H23N3O. The van der Waals surface area contributed by atoms with E-state index in [-0.39, 0.29) is 5.91 Å². The summed E-state index contributed by atoms with van der Waals surface area (Å²) < 4.78 is 2.21. The van der Waals surface area contributed by atoms with Gasteiger partial charge in [0.25, 0.3) is 5.91 Å². The first-order valence-electron chi connectivity index (χ1n) is 9.63. The first-order valence-corrected chi connectivity index (χ1v) is 9.63. The zero-order valence-corrected chi connectivity index (χ0v) is 16.6. The van der Waals surface area contributed by atoms with Crippen LogP contribution in [0.25, 0.3) is 10.9 Å². The van der Waals surface area contributed by atoms with Crippen LogP contribution in [0, 0.1) is 13.8 Å². The van der Waals surface area contributed by atoms with Crippen LogP contribution in [0.3, 0.4) is 0 Å². The number of amides is 1. The third kappa shape index (κ3) is 4.27. The van der Waals surface area contributed by atoms with Gasteiger partial charge in [0.2, 0.25) is 0 Å². The van der Waals surface area contributed by atoms with Gasteiger partial charge >= 0.3 is 0 Å². The molecule has 0 aliphatic heterocycles. The van der Waals surface area contributed by atoms with Gasteiger partial charge in [0.1, 0.15) is 0 Å². The average molecular weight is 381 g/mol. The monoisotopic (exact) mass is 381 g/mol. The van der Waals surface area contributed by atoms with Crippen molar-refractivity contribution in [1.29, 1.82) is 0 Å². The van der Waals surface area contributed by atoms with Gasteiger partial charge in [-0.15, -0.1) is 0 Å². The number of nitrogens with zero attached hydrogens (tertiary/aromatic N) is 2. The molecule has 1 amide bonds. The average Bonchev–Trinajstić information content (AvgIpc) is 3.07. The van der Waals surface area contributed by atoms with Crippen LogP contribution in [0.4, 0.5) is 0 Å². The highest BCUT2D eigenvalue weighted by Gasteiger charge is 2.08. The summed E-state index contributed by atoms with van der Waals surface area (Å²) in [7, 11) is 0. The van der Waals surface area contributed by atoms with Crippen LogP contribution in [0.15, 0.2) is 84.1 Å². The number of nitrogens with one attached hydrogen (secondary N) is 1. The molecule has 0 aliphatic carbocycles. The summed E-state index contributed by atoms with van der Waals surface area (Å²) in [6.07, 6.45) is 3.79. The van der Waals surface area contributed by atoms with Gasteiger partial charge in [-0.05, 0) is 37.6 Å². The van der Waals surface area contributed by atoms with Gasteiger partial charge in [-0.25, -0.2) is 5.43 Å². The van der Waals surface area contributed by atoms with Gasteiger partial charge in [-0.1, -0.05) is 65.7 Å². The van der Waals surface area contributed by atoms with Gasteiger partial charge in [0, 0.05) is 34.8 Å². The summed E-state index contributed by atoms with van der Waals surface area (Å²) in [6.45, 7) is 4.84. The molecular weight excluding hydrogens is 358 g/mol. The minimum Gasteiger partial charge on any atom is -0.342 e. The Morgan fingerprint density at radius 3 is 2.55 bits per heavy atom. The summed E-state index contributed by atoms with van der Waals surface area (Å²) in [5.74, 6) is -0.214. The minimum atomic E-state index is -0.214. The van der Waals surface area contributed by atoms with Crippen LogP contribution in [-0.4, -0.2) is 16.7 Å². The second-order valence-corrected chi connectivity index (χ2v) is 7.28. The number of carbonyl (C=O) groups is 1. The number of aromatic nitrogens is 1. The van der Waals surface area contributed by atoms with Crippen molar-refractivity contribution in [2.24, 2.45) is 5.10 Å². The van der Waals surface area contributed by atoms with Crippen LogP contribution >= 0.6 is 0 Å². The molecule has 0 atom stereocenters. The van der Waals surface area contributed by atoms with Crippen LogP contribution in [0.1, 0.15) is 32.6 Å². The van der Waals surface area contributed by atoms with Gasteiger partial charge in [-0.2, -0.15) is 5.10 Å². The molecule has 4 nitrogen and oxygen atoms in total. The van der Waals surface area contributed by atoms with E-state index in [9.17, 15) is 4.79 Å². The summed E-state index contributed by atoms with van der Waals surface area (Å²) in [5, 5.41) is 5.30. The largest absolute Gasteiger partial charge is 0.342 e. The van der Waals surface area contributed by atoms with Gasteiger partial charge in [0.05, 0.1) is 6.21 Å². The van der Waals surface area contributed by atoms with E-state index in [1.165, 1.54) is 11.1 Å². The number of fused-ring (bicyclic) bond motifs is 1. The van der Waals surface area contributed by atoms with E-state index in [0.29, 0.717) is 5.56 Å². The smallest absolute Gasteiger partial charge is 0.271 e. The zero-order chi connectivity index (χ0) is 20.2. The zero-order valence-electron chi connectivity index (χ0n) is 16.6. The Kier molecular flexibility index (Phi) is 5.25. The second-order valence-electron chi connectivity index (χ2n) is 7.28. The molecule has 0 saturated heterocycles. The van der Waals surface area contributed by atoms with Crippen molar-refractivity contribution in [2.45, 2.75) is 20.4 Å². The van der Waals surface area contributed by atoms with Crippen molar-refractivity contribution in [3.63, 3.8) is 0 Å². The first kappa shape index (κ1) is 18.7. The Labute approximate surface area is 170 Å². The third-order valence-corrected chi connectivity index (χ3v) is 4.94. The number of hydrogen-bond acceptors (Lipinski definition) is 2. The molecule has 0 fully saturated rings. The molecule has 1 aromatic heterocycles. The number of para-hydroxylation sites is 1. The Hall–Kier alpha value is -3.66. The summed E-state index contributed by atoms with van der Waals surface area (Å²) in [5.41, 5.74) is 8.87. The Bertz CT molecular complexity index is 1190. The lowest BCUT2D eigenvalue weighted by Crippen LogP contribution is -2.17. The van der Waals surface area contributed by atoms with Crippen molar-refractivity contribution in [2.75, 3.05) is 0 Å². The fourth-order valence-corrected chi connectivity index (χ4v) is 3.41. The van der Waals surface area contributed by atoms with Crippen molar-refractivity contribution < 1.29 is 4.79 Å². The lowest BCUT2D eigenvalue weighted by molar-refractivity contribution is 0.0955. The molecule has 1 heterocycles. The van der Waals surface area contributed by atoms with E-state index in [2.05, 4.69) is 64.6 Å². The highest BCUT2D eigenvalue weighted by Crippen LogP contribution is 2.21. The van der Waals surface area contributed by atoms with E-state index in [1.807, 2.05) is 37.3 Å². The van der Waals surface area contributed by atoms with Gasteiger partial charge < -0.3 is 4.57 Å². The van der Waals surface area contributed by atoms with Crippen molar-refractivity contribution in [3.8, 4) is 0 Å². The van der Waals surface area contributed by atoms with Crippen LogP contribution in [0.2, 0.25) is 0 Å². The normalized spacial score (nSPS) is 11.2. The third-order valence-electron chi connectivity index (χ3n) is 4.94. The predicted octanol–water partition coefficient (Wildman–Crippen LogP) is 5.07. The quantitative estimate of drug-likeness (QED) is 0.381. The molecule has 144 valence electrons. The molecule has 29 heavy (non-hydrogen) atoms. The van der Waals surface area contributed by atoms with Crippen molar-refractivity contribution in [1.82, 2.24) is 9.99 Å².